The molecular formula is C21H23N5O. The summed E-state index contributed by atoms with van der Waals surface area (Å²) in [4.78, 5) is 15.1. The number of tetrazole rings is 1. The van der Waals surface area contributed by atoms with Crippen molar-refractivity contribution in [3.63, 3.8) is 0 Å². The first-order valence-corrected chi connectivity index (χ1v) is 9.13. The highest BCUT2D eigenvalue weighted by molar-refractivity contribution is 6.00. The highest BCUT2D eigenvalue weighted by atomic mass is 16.2. The molecule has 27 heavy (non-hydrogen) atoms. The fourth-order valence-electron chi connectivity index (χ4n) is 2.82. The quantitative estimate of drug-likeness (QED) is 0.662. The van der Waals surface area contributed by atoms with E-state index >= 15 is 0 Å². The van der Waals surface area contributed by atoms with E-state index in [1.807, 2.05) is 71.6 Å². The number of carbonyl (C=O) groups is 1. The van der Waals surface area contributed by atoms with E-state index in [1.54, 1.807) is 0 Å². The van der Waals surface area contributed by atoms with Gasteiger partial charge in [-0.1, -0.05) is 74.0 Å². The molecule has 0 atom stereocenters. The maximum absolute atomic E-state index is 13.2. The average molecular weight is 361 g/mol. The van der Waals surface area contributed by atoms with E-state index < -0.39 is 0 Å². The van der Waals surface area contributed by atoms with Crippen molar-refractivity contribution in [3.8, 4) is 11.4 Å². The van der Waals surface area contributed by atoms with Crippen molar-refractivity contribution >= 4 is 12.0 Å². The standard InChI is InChI=1S/C21H23N5O/c1-2-3-15-26(16-9-12-17-10-5-4-6-11-17)21(27)19-14-8-7-13-18(19)20-22-24-25-23-20/h4-14H,2-3,15-16H2,1H3,(H,22,23,24,25)/b12-9+. The Labute approximate surface area is 158 Å². The molecule has 1 amide bonds. The summed E-state index contributed by atoms with van der Waals surface area (Å²) in [7, 11) is 0. The third-order valence-corrected chi connectivity index (χ3v) is 4.25. The van der Waals surface area contributed by atoms with Crippen LogP contribution >= 0.6 is 0 Å². The van der Waals surface area contributed by atoms with Crippen LogP contribution in [0.3, 0.4) is 0 Å². The van der Waals surface area contributed by atoms with E-state index in [2.05, 4.69) is 27.5 Å². The van der Waals surface area contributed by atoms with Crippen LogP contribution in [0, 0.1) is 0 Å². The summed E-state index contributed by atoms with van der Waals surface area (Å²) in [5.41, 5.74) is 2.39. The molecule has 0 fully saturated rings. The Morgan fingerprint density at radius 1 is 1.11 bits per heavy atom. The van der Waals surface area contributed by atoms with E-state index in [0.717, 1.165) is 18.4 Å². The van der Waals surface area contributed by atoms with Crippen molar-refractivity contribution in [1.82, 2.24) is 25.5 Å². The van der Waals surface area contributed by atoms with Gasteiger partial charge >= 0.3 is 0 Å². The lowest BCUT2D eigenvalue weighted by Gasteiger charge is -2.22. The van der Waals surface area contributed by atoms with Crippen LogP contribution in [0.4, 0.5) is 0 Å². The second-order valence-electron chi connectivity index (χ2n) is 6.20. The first-order valence-electron chi connectivity index (χ1n) is 9.13. The highest BCUT2D eigenvalue weighted by Gasteiger charge is 2.20. The molecule has 0 unspecified atom stereocenters. The minimum absolute atomic E-state index is 0.0263. The number of aromatic amines is 1. The summed E-state index contributed by atoms with van der Waals surface area (Å²) in [6.45, 7) is 3.37. The zero-order valence-electron chi connectivity index (χ0n) is 15.4. The van der Waals surface area contributed by atoms with Crippen molar-refractivity contribution in [3.05, 3.63) is 71.8 Å². The van der Waals surface area contributed by atoms with E-state index in [-0.39, 0.29) is 5.91 Å². The molecule has 0 aliphatic rings. The van der Waals surface area contributed by atoms with Crippen LogP contribution in [0.15, 0.2) is 60.7 Å². The molecule has 6 nitrogen and oxygen atoms in total. The minimum atomic E-state index is -0.0263. The van der Waals surface area contributed by atoms with Crippen molar-refractivity contribution in [2.24, 2.45) is 0 Å². The third-order valence-electron chi connectivity index (χ3n) is 4.25. The van der Waals surface area contributed by atoms with Gasteiger partial charge in [0.05, 0.1) is 5.56 Å². The number of amides is 1. The molecule has 2 aromatic carbocycles. The zero-order valence-corrected chi connectivity index (χ0v) is 15.4. The molecule has 3 aromatic rings. The molecule has 3 rings (SSSR count). The molecule has 0 spiro atoms. The molecule has 1 aromatic heterocycles. The Morgan fingerprint density at radius 3 is 2.63 bits per heavy atom. The Kier molecular flexibility index (Phi) is 6.46. The fraction of sp³-hybridized carbons (Fsp3) is 0.238. The van der Waals surface area contributed by atoms with Crippen LogP contribution in [0.2, 0.25) is 0 Å². The molecular weight excluding hydrogens is 338 g/mol. The van der Waals surface area contributed by atoms with Gasteiger partial charge in [0.1, 0.15) is 0 Å². The van der Waals surface area contributed by atoms with E-state index in [9.17, 15) is 4.79 Å². The summed E-state index contributed by atoms with van der Waals surface area (Å²) >= 11 is 0. The number of aromatic nitrogens is 4. The van der Waals surface area contributed by atoms with Gasteiger partial charge in [-0.25, -0.2) is 0 Å². The molecule has 0 bridgehead atoms. The van der Waals surface area contributed by atoms with Gasteiger partial charge in [-0.3, -0.25) is 4.79 Å². The lowest BCUT2D eigenvalue weighted by molar-refractivity contribution is 0.0773. The molecule has 138 valence electrons. The van der Waals surface area contributed by atoms with Crippen LogP contribution < -0.4 is 0 Å². The number of nitrogens with one attached hydrogen (secondary N) is 1. The number of carbonyl (C=O) groups excluding carboxylic acids is 1. The summed E-state index contributed by atoms with van der Waals surface area (Å²) in [6.07, 6.45) is 6.05. The first-order chi connectivity index (χ1) is 13.3. The number of benzene rings is 2. The smallest absolute Gasteiger partial charge is 0.254 e. The summed E-state index contributed by atoms with van der Waals surface area (Å²) < 4.78 is 0. The second kappa shape index (κ2) is 9.43. The summed E-state index contributed by atoms with van der Waals surface area (Å²) in [5.74, 6) is 0.399. The predicted molar refractivity (Wildman–Crippen MR) is 106 cm³/mol. The van der Waals surface area contributed by atoms with Crippen LogP contribution in [0.5, 0.6) is 0 Å². The predicted octanol–water partition coefficient (Wildman–Crippen LogP) is 3.82. The fourth-order valence-corrected chi connectivity index (χ4v) is 2.82. The van der Waals surface area contributed by atoms with E-state index in [4.69, 9.17) is 0 Å². The van der Waals surface area contributed by atoms with Crippen LogP contribution in [-0.2, 0) is 0 Å². The number of rotatable bonds is 8. The number of nitrogens with zero attached hydrogens (tertiary/aromatic N) is 4. The van der Waals surface area contributed by atoms with Crippen molar-refractivity contribution < 1.29 is 4.79 Å². The SMILES string of the molecule is CCCCN(C/C=C/c1ccccc1)C(=O)c1ccccc1-c1nn[nH]n1. The van der Waals surface area contributed by atoms with Gasteiger partial charge in [-0.15, -0.1) is 10.2 Å². The van der Waals surface area contributed by atoms with Crippen LogP contribution in [-0.4, -0.2) is 44.5 Å². The monoisotopic (exact) mass is 361 g/mol. The first kappa shape index (κ1) is 18.5. The molecule has 0 saturated carbocycles. The van der Waals surface area contributed by atoms with Crippen molar-refractivity contribution in [2.45, 2.75) is 19.8 Å². The molecule has 6 heteroatoms. The topological polar surface area (TPSA) is 74.8 Å². The van der Waals surface area contributed by atoms with Gasteiger partial charge in [0, 0.05) is 18.7 Å². The zero-order chi connectivity index (χ0) is 18.9. The second-order valence-corrected chi connectivity index (χ2v) is 6.20. The molecule has 1 heterocycles. The lowest BCUT2D eigenvalue weighted by Crippen LogP contribution is -2.32. The normalized spacial score (nSPS) is 11.0. The maximum Gasteiger partial charge on any atom is 0.254 e. The van der Waals surface area contributed by atoms with Gasteiger partial charge in [0.25, 0.3) is 5.91 Å². The number of unbranched alkanes of at least 4 members (excludes halogenated alkanes) is 1. The van der Waals surface area contributed by atoms with Crippen molar-refractivity contribution in [1.29, 1.82) is 0 Å². The van der Waals surface area contributed by atoms with Gasteiger partial charge in [-0.05, 0) is 23.3 Å². The van der Waals surface area contributed by atoms with Gasteiger partial charge in [-0.2, -0.15) is 5.21 Å². The van der Waals surface area contributed by atoms with Gasteiger partial charge < -0.3 is 4.90 Å². The lowest BCUT2D eigenvalue weighted by atomic mass is 10.1. The Balaban J connectivity index is 1.81. The van der Waals surface area contributed by atoms with Crippen LogP contribution in [0.1, 0.15) is 35.7 Å². The molecule has 0 aliphatic carbocycles. The summed E-state index contributed by atoms with van der Waals surface area (Å²) in [6, 6.07) is 17.5. The molecule has 0 radical (unpaired) electrons. The minimum Gasteiger partial charge on any atom is -0.335 e. The molecule has 1 N–H and O–H groups in total. The van der Waals surface area contributed by atoms with Gasteiger partial charge in [0.15, 0.2) is 0 Å². The number of H-pyrrole nitrogens is 1. The van der Waals surface area contributed by atoms with Gasteiger partial charge in [0.2, 0.25) is 5.82 Å². The Hall–Kier alpha value is -3.28. The van der Waals surface area contributed by atoms with Crippen LogP contribution in [0.25, 0.3) is 17.5 Å². The molecule has 0 saturated heterocycles. The van der Waals surface area contributed by atoms with E-state index in [0.29, 0.717) is 30.0 Å². The average Bonchev–Trinajstić information content (AvgIpc) is 3.25. The van der Waals surface area contributed by atoms with E-state index in [1.165, 1.54) is 0 Å². The third kappa shape index (κ3) is 4.88. The number of hydrogen-bond acceptors (Lipinski definition) is 4. The Morgan fingerprint density at radius 2 is 1.89 bits per heavy atom. The Bertz CT molecular complexity index is 875. The summed E-state index contributed by atoms with van der Waals surface area (Å²) in [5, 5.41) is 14.1. The maximum atomic E-state index is 13.2. The number of hydrogen-bond donors (Lipinski definition) is 1. The largest absolute Gasteiger partial charge is 0.335 e. The molecule has 0 aliphatic heterocycles. The van der Waals surface area contributed by atoms with Crippen molar-refractivity contribution in [2.75, 3.05) is 13.1 Å². The highest BCUT2D eigenvalue weighted by Crippen LogP contribution is 2.21.